The van der Waals surface area contributed by atoms with Gasteiger partial charge in [-0.05, 0) is 67.9 Å². The first-order chi connectivity index (χ1) is 15.7. The number of rotatable bonds is 6. The maximum Gasteiger partial charge on any atom is 0.123 e. The first-order valence-electron chi connectivity index (χ1n) is 13.0. The van der Waals surface area contributed by atoms with Gasteiger partial charge in [0.2, 0.25) is 0 Å². The molecule has 3 heteroatoms. The maximum atomic E-state index is 10.9. The Hall–Kier alpha value is -2.00. The molecular formula is C32H50O3. The van der Waals surface area contributed by atoms with E-state index in [9.17, 15) is 10.2 Å². The predicted molar refractivity (Wildman–Crippen MR) is 149 cm³/mol. The van der Waals surface area contributed by atoms with Gasteiger partial charge in [0.1, 0.15) is 11.5 Å². The molecule has 2 rings (SSSR count). The van der Waals surface area contributed by atoms with Crippen molar-refractivity contribution < 1.29 is 14.9 Å². The smallest absolute Gasteiger partial charge is 0.123 e. The van der Waals surface area contributed by atoms with Crippen LogP contribution < -0.4 is 0 Å². The van der Waals surface area contributed by atoms with Gasteiger partial charge in [0, 0.05) is 0 Å². The lowest BCUT2D eigenvalue weighted by Gasteiger charge is -2.28. The first-order valence-corrected chi connectivity index (χ1v) is 13.0. The summed E-state index contributed by atoms with van der Waals surface area (Å²) in [6.07, 6.45) is 1.62. The van der Waals surface area contributed by atoms with E-state index in [0.29, 0.717) is 24.7 Å². The second-order valence-corrected chi connectivity index (χ2v) is 14.2. The molecule has 0 atom stereocenters. The summed E-state index contributed by atoms with van der Waals surface area (Å²) in [6.45, 7) is 27.0. The fraction of sp³-hybridized carbons (Fsp3) is 0.625. The number of hydrogen-bond acceptors (Lipinski definition) is 3. The number of benzene rings is 2. The van der Waals surface area contributed by atoms with E-state index in [1.807, 2.05) is 0 Å². The molecule has 0 aliphatic carbocycles. The molecule has 0 saturated heterocycles. The molecule has 2 aromatic carbocycles. The van der Waals surface area contributed by atoms with Crippen molar-refractivity contribution in [3.8, 4) is 11.5 Å². The van der Waals surface area contributed by atoms with Crippen molar-refractivity contribution in [1.82, 2.24) is 0 Å². The Morgan fingerprint density at radius 1 is 0.486 bits per heavy atom. The van der Waals surface area contributed by atoms with E-state index in [0.717, 1.165) is 35.1 Å². The predicted octanol–water partition coefficient (Wildman–Crippen LogP) is 8.09. The van der Waals surface area contributed by atoms with Crippen LogP contribution in [0.3, 0.4) is 0 Å². The molecule has 0 bridgehead atoms. The third kappa shape index (κ3) is 7.49. The molecule has 0 aliphatic rings. The van der Waals surface area contributed by atoms with Gasteiger partial charge >= 0.3 is 0 Å². The van der Waals surface area contributed by atoms with Crippen LogP contribution in [0.15, 0.2) is 24.3 Å². The highest BCUT2D eigenvalue weighted by Gasteiger charge is 2.27. The quantitative estimate of drug-likeness (QED) is 0.409. The van der Waals surface area contributed by atoms with Crippen molar-refractivity contribution in [3.63, 3.8) is 0 Å². The molecule has 0 fully saturated rings. The Bertz CT molecular complexity index is 865. The highest BCUT2D eigenvalue weighted by atomic mass is 16.5. The van der Waals surface area contributed by atoms with Crippen molar-refractivity contribution in [2.75, 3.05) is 13.2 Å². The summed E-state index contributed by atoms with van der Waals surface area (Å²) >= 11 is 0. The second kappa shape index (κ2) is 10.2. The van der Waals surface area contributed by atoms with Crippen LogP contribution in [0.25, 0.3) is 0 Å². The molecule has 0 saturated carbocycles. The molecule has 196 valence electrons. The van der Waals surface area contributed by atoms with Crippen molar-refractivity contribution in [2.45, 2.75) is 118 Å². The summed E-state index contributed by atoms with van der Waals surface area (Å²) in [7, 11) is 0. The molecule has 0 spiro atoms. The number of phenolic OH excluding ortho intramolecular Hbond substituents is 2. The lowest BCUT2D eigenvalue weighted by molar-refractivity contribution is 0.140. The number of hydrogen-bond donors (Lipinski definition) is 2. The van der Waals surface area contributed by atoms with E-state index < -0.39 is 0 Å². The molecule has 0 amide bonds. The Labute approximate surface area is 214 Å². The van der Waals surface area contributed by atoms with E-state index in [2.05, 4.69) is 107 Å². The lowest BCUT2D eigenvalue weighted by atomic mass is 9.78. The second-order valence-electron chi connectivity index (χ2n) is 14.2. The van der Waals surface area contributed by atoms with Gasteiger partial charge in [-0.1, -0.05) is 107 Å². The lowest BCUT2D eigenvalue weighted by Crippen LogP contribution is -2.18. The van der Waals surface area contributed by atoms with Gasteiger partial charge in [-0.15, -0.1) is 0 Å². The van der Waals surface area contributed by atoms with E-state index in [-0.39, 0.29) is 21.7 Å². The highest BCUT2D eigenvalue weighted by molar-refractivity contribution is 5.51. The van der Waals surface area contributed by atoms with Crippen LogP contribution in [-0.2, 0) is 39.2 Å². The zero-order valence-corrected chi connectivity index (χ0v) is 24.4. The molecule has 0 radical (unpaired) electrons. The molecule has 0 aromatic heterocycles. The first kappa shape index (κ1) is 29.2. The Morgan fingerprint density at radius 2 is 0.714 bits per heavy atom. The maximum absolute atomic E-state index is 10.9. The average Bonchev–Trinajstić information content (AvgIpc) is 2.66. The van der Waals surface area contributed by atoms with Gasteiger partial charge in [0.25, 0.3) is 0 Å². The molecule has 0 heterocycles. The zero-order valence-electron chi connectivity index (χ0n) is 24.4. The van der Waals surface area contributed by atoms with Gasteiger partial charge < -0.3 is 14.9 Å². The van der Waals surface area contributed by atoms with Crippen LogP contribution in [0.5, 0.6) is 11.5 Å². The van der Waals surface area contributed by atoms with Crippen LogP contribution in [-0.4, -0.2) is 23.4 Å². The molecule has 3 nitrogen and oxygen atoms in total. The van der Waals surface area contributed by atoms with E-state index in [4.69, 9.17) is 4.74 Å². The minimum atomic E-state index is -0.130. The molecule has 0 unspecified atom stereocenters. The number of phenols is 2. The van der Waals surface area contributed by atoms with Gasteiger partial charge in [-0.2, -0.15) is 0 Å². The van der Waals surface area contributed by atoms with E-state index >= 15 is 0 Å². The Balaban J connectivity index is 2.15. The largest absolute Gasteiger partial charge is 0.507 e. The molecule has 2 aromatic rings. The molecule has 2 N–H and O–H groups in total. The summed E-state index contributed by atoms with van der Waals surface area (Å²) in [6, 6.07) is 8.55. The van der Waals surface area contributed by atoms with Gasteiger partial charge in [0.05, 0.1) is 13.2 Å². The van der Waals surface area contributed by atoms with Crippen LogP contribution in [0, 0.1) is 0 Å². The van der Waals surface area contributed by atoms with Gasteiger partial charge in [-0.25, -0.2) is 0 Å². The van der Waals surface area contributed by atoms with Crippen LogP contribution in [0.4, 0.5) is 0 Å². The third-order valence-electron chi connectivity index (χ3n) is 6.64. The summed E-state index contributed by atoms with van der Waals surface area (Å²) in [5.74, 6) is 0.845. The Morgan fingerprint density at radius 3 is 0.914 bits per heavy atom. The summed E-state index contributed by atoms with van der Waals surface area (Å²) < 4.78 is 6.08. The van der Waals surface area contributed by atoms with Crippen molar-refractivity contribution >= 4 is 0 Å². The fourth-order valence-electron chi connectivity index (χ4n) is 4.45. The van der Waals surface area contributed by atoms with E-state index in [1.54, 1.807) is 0 Å². The van der Waals surface area contributed by atoms with Crippen LogP contribution in [0.1, 0.15) is 116 Å². The molecular weight excluding hydrogens is 432 g/mol. The zero-order chi connectivity index (χ0) is 27.0. The molecule has 35 heavy (non-hydrogen) atoms. The standard InChI is InChI=1S/C32H50O3/c1-29(2,3)23-17-21(18-24(27(23)33)30(4,5)6)13-15-35-16-14-22-19-25(31(7,8)9)28(34)26(20-22)32(10,11)12/h17-20,33-34H,13-16H2,1-12H3. The van der Waals surface area contributed by atoms with Gasteiger partial charge in [-0.3, -0.25) is 0 Å². The Kier molecular flexibility index (Phi) is 8.49. The molecule has 0 aliphatic heterocycles. The summed E-state index contributed by atoms with van der Waals surface area (Å²) in [4.78, 5) is 0. The topological polar surface area (TPSA) is 49.7 Å². The van der Waals surface area contributed by atoms with Crippen molar-refractivity contribution in [1.29, 1.82) is 0 Å². The third-order valence-corrected chi connectivity index (χ3v) is 6.64. The highest BCUT2D eigenvalue weighted by Crippen LogP contribution is 2.41. The van der Waals surface area contributed by atoms with E-state index in [1.165, 1.54) is 11.1 Å². The SMILES string of the molecule is CC(C)(C)c1cc(CCOCCc2cc(C(C)(C)C)c(O)c(C(C)(C)C)c2)cc(C(C)(C)C)c1O. The fourth-order valence-corrected chi connectivity index (χ4v) is 4.45. The van der Waals surface area contributed by atoms with Crippen LogP contribution >= 0.6 is 0 Å². The summed E-state index contributed by atoms with van der Waals surface area (Å²) in [5, 5.41) is 21.9. The van der Waals surface area contributed by atoms with Crippen LogP contribution in [0.2, 0.25) is 0 Å². The average molecular weight is 483 g/mol. The van der Waals surface area contributed by atoms with Crippen molar-refractivity contribution in [2.24, 2.45) is 0 Å². The summed E-state index contributed by atoms with van der Waals surface area (Å²) in [5.41, 5.74) is 5.86. The normalized spacial score (nSPS) is 13.4. The van der Waals surface area contributed by atoms with Gasteiger partial charge in [0.15, 0.2) is 0 Å². The minimum Gasteiger partial charge on any atom is -0.507 e. The number of ether oxygens (including phenoxy) is 1. The van der Waals surface area contributed by atoms with Crippen molar-refractivity contribution in [3.05, 3.63) is 57.6 Å². The number of aromatic hydroxyl groups is 2. The minimum absolute atomic E-state index is 0.130. The monoisotopic (exact) mass is 482 g/mol.